The van der Waals surface area contributed by atoms with E-state index in [0.717, 1.165) is 11.1 Å². The van der Waals surface area contributed by atoms with E-state index in [0.29, 0.717) is 31.9 Å². The van der Waals surface area contributed by atoms with Gasteiger partial charge in [0.1, 0.15) is 0 Å². The lowest BCUT2D eigenvalue weighted by atomic mass is 10.0. The largest absolute Gasteiger partial charge is 0.467 e. The van der Waals surface area contributed by atoms with Gasteiger partial charge in [0.15, 0.2) is 6.04 Å². The number of esters is 1. The standard InChI is InChI=1S/C15H17NO5/c1-19-15(18)13-9-20-5-4-16(13)14(17)10-2-3-11-7-21-8-12(11)6-10/h2-3,6,13H,4-5,7-9H2,1H3. The smallest absolute Gasteiger partial charge is 0.331 e. The van der Waals surface area contributed by atoms with E-state index >= 15 is 0 Å². The van der Waals surface area contributed by atoms with Gasteiger partial charge in [0, 0.05) is 12.1 Å². The monoisotopic (exact) mass is 291 g/mol. The van der Waals surface area contributed by atoms with E-state index in [1.54, 1.807) is 6.07 Å². The highest BCUT2D eigenvalue weighted by molar-refractivity contribution is 5.97. The first kappa shape index (κ1) is 14.0. The molecule has 3 rings (SSSR count). The zero-order chi connectivity index (χ0) is 14.8. The highest BCUT2D eigenvalue weighted by Crippen LogP contribution is 2.22. The van der Waals surface area contributed by atoms with Crippen LogP contribution >= 0.6 is 0 Å². The van der Waals surface area contributed by atoms with Gasteiger partial charge in [0.2, 0.25) is 0 Å². The molecule has 2 heterocycles. The topological polar surface area (TPSA) is 65.1 Å². The van der Waals surface area contributed by atoms with Crippen molar-refractivity contribution in [3.05, 3.63) is 34.9 Å². The quantitative estimate of drug-likeness (QED) is 0.752. The summed E-state index contributed by atoms with van der Waals surface area (Å²) in [6.45, 7) is 2.10. The number of ether oxygens (including phenoxy) is 3. The van der Waals surface area contributed by atoms with Crippen molar-refractivity contribution >= 4 is 11.9 Å². The maximum absolute atomic E-state index is 12.7. The lowest BCUT2D eigenvalue weighted by Gasteiger charge is -2.33. The van der Waals surface area contributed by atoms with E-state index in [9.17, 15) is 9.59 Å². The van der Waals surface area contributed by atoms with Crippen LogP contribution < -0.4 is 0 Å². The molecule has 1 amide bonds. The third-order valence-corrected chi connectivity index (χ3v) is 3.83. The van der Waals surface area contributed by atoms with Gasteiger partial charge in [-0.2, -0.15) is 0 Å². The second-order valence-corrected chi connectivity index (χ2v) is 5.09. The molecule has 0 radical (unpaired) electrons. The number of carbonyl (C=O) groups is 2. The zero-order valence-corrected chi connectivity index (χ0v) is 11.8. The highest BCUT2D eigenvalue weighted by Gasteiger charge is 2.34. The van der Waals surface area contributed by atoms with Crippen molar-refractivity contribution in [3.8, 4) is 0 Å². The molecule has 2 aliphatic heterocycles. The normalized spacial score (nSPS) is 21.0. The van der Waals surface area contributed by atoms with Crippen molar-refractivity contribution < 1.29 is 23.8 Å². The van der Waals surface area contributed by atoms with E-state index < -0.39 is 12.0 Å². The molecule has 0 aliphatic carbocycles. The Balaban J connectivity index is 1.84. The van der Waals surface area contributed by atoms with Crippen LogP contribution in [0, 0.1) is 0 Å². The molecule has 0 bridgehead atoms. The molecule has 1 aromatic rings. The maximum atomic E-state index is 12.7. The summed E-state index contributed by atoms with van der Waals surface area (Å²) in [6.07, 6.45) is 0. The average Bonchev–Trinajstić information content (AvgIpc) is 3.01. The number of carbonyl (C=O) groups excluding carboxylic acids is 2. The number of morpholine rings is 1. The molecule has 0 spiro atoms. The number of benzene rings is 1. The Kier molecular flexibility index (Phi) is 3.90. The fourth-order valence-corrected chi connectivity index (χ4v) is 2.65. The Labute approximate surface area is 122 Å². The first-order valence-electron chi connectivity index (χ1n) is 6.87. The van der Waals surface area contributed by atoms with Gasteiger partial charge in [-0.3, -0.25) is 4.79 Å². The number of amides is 1. The van der Waals surface area contributed by atoms with Gasteiger partial charge in [-0.25, -0.2) is 4.79 Å². The summed E-state index contributed by atoms with van der Waals surface area (Å²) in [5.41, 5.74) is 2.71. The molecule has 1 atom stereocenters. The number of hydrogen-bond donors (Lipinski definition) is 0. The third kappa shape index (κ3) is 2.64. The predicted molar refractivity (Wildman–Crippen MR) is 72.6 cm³/mol. The number of fused-ring (bicyclic) bond motifs is 1. The Morgan fingerprint density at radius 3 is 2.86 bits per heavy atom. The molecule has 0 aromatic heterocycles. The Morgan fingerprint density at radius 2 is 2.05 bits per heavy atom. The molecular formula is C15H17NO5. The van der Waals surface area contributed by atoms with Gasteiger partial charge in [-0.05, 0) is 23.3 Å². The summed E-state index contributed by atoms with van der Waals surface area (Å²) >= 11 is 0. The first-order valence-corrected chi connectivity index (χ1v) is 6.87. The molecule has 1 unspecified atom stereocenters. The molecule has 1 fully saturated rings. The average molecular weight is 291 g/mol. The molecule has 2 aliphatic rings. The minimum atomic E-state index is -0.680. The summed E-state index contributed by atoms with van der Waals surface area (Å²) in [5, 5.41) is 0. The van der Waals surface area contributed by atoms with Crippen LogP contribution in [0.4, 0.5) is 0 Å². The number of hydrogen-bond acceptors (Lipinski definition) is 5. The number of nitrogens with zero attached hydrogens (tertiary/aromatic N) is 1. The molecule has 6 heteroatoms. The van der Waals surface area contributed by atoms with E-state index in [2.05, 4.69) is 0 Å². The molecule has 1 saturated heterocycles. The van der Waals surface area contributed by atoms with Crippen LogP contribution in [0.25, 0.3) is 0 Å². The van der Waals surface area contributed by atoms with Crippen LogP contribution in [0.3, 0.4) is 0 Å². The van der Waals surface area contributed by atoms with Crippen molar-refractivity contribution in [1.82, 2.24) is 4.90 Å². The van der Waals surface area contributed by atoms with Crippen molar-refractivity contribution in [2.75, 3.05) is 26.9 Å². The SMILES string of the molecule is COC(=O)C1COCCN1C(=O)c1ccc2c(c1)COC2. The van der Waals surface area contributed by atoms with E-state index in [4.69, 9.17) is 14.2 Å². The van der Waals surface area contributed by atoms with Gasteiger partial charge in [0.05, 0.1) is 33.5 Å². The Morgan fingerprint density at radius 1 is 1.24 bits per heavy atom. The molecular weight excluding hydrogens is 274 g/mol. The summed E-state index contributed by atoms with van der Waals surface area (Å²) < 4.78 is 15.4. The van der Waals surface area contributed by atoms with Crippen molar-refractivity contribution in [1.29, 1.82) is 0 Å². The summed E-state index contributed by atoms with van der Waals surface area (Å²) in [6, 6.07) is 4.85. The van der Waals surface area contributed by atoms with Gasteiger partial charge in [0.25, 0.3) is 5.91 Å². The second-order valence-electron chi connectivity index (χ2n) is 5.09. The van der Waals surface area contributed by atoms with E-state index in [-0.39, 0.29) is 12.5 Å². The van der Waals surface area contributed by atoms with Gasteiger partial charge in [-0.15, -0.1) is 0 Å². The van der Waals surface area contributed by atoms with E-state index in [1.165, 1.54) is 12.0 Å². The van der Waals surface area contributed by atoms with E-state index in [1.807, 2.05) is 12.1 Å². The van der Waals surface area contributed by atoms with Crippen LogP contribution in [0.1, 0.15) is 21.5 Å². The lowest BCUT2D eigenvalue weighted by molar-refractivity contribution is -0.151. The molecule has 0 N–H and O–H groups in total. The summed E-state index contributed by atoms with van der Waals surface area (Å²) in [4.78, 5) is 26.0. The van der Waals surface area contributed by atoms with Crippen LogP contribution in [-0.4, -0.2) is 49.7 Å². The Hall–Kier alpha value is -1.92. The van der Waals surface area contributed by atoms with Gasteiger partial charge >= 0.3 is 5.97 Å². The van der Waals surface area contributed by atoms with Crippen molar-refractivity contribution in [3.63, 3.8) is 0 Å². The number of rotatable bonds is 2. The molecule has 0 saturated carbocycles. The molecule has 112 valence electrons. The van der Waals surface area contributed by atoms with Crippen LogP contribution in [-0.2, 0) is 32.2 Å². The van der Waals surface area contributed by atoms with Gasteiger partial charge < -0.3 is 19.1 Å². The Bertz CT molecular complexity index is 571. The number of methoxy groups -OCH3 is 1. The third-order valence-electron chi connectivity index (χ3n) is 3.83. The fourth-order valence-electron chi connectivity index (χ4n) is 2.65. The minimum Gasteiger partial charge on any atom is -0.467 e. The van der Waals surface area contributed by atoms with Crippen LogP contribution in [0.2, 0.25) is 0 Å². The maximum Gasteiger partial charge on any atom is 0.331 e. The minimum absolute atomic E-state index is 0.173. The lowest BCUT2D eigenvalue weighted by Crippen LogP contribution is -2.53. The molecule has 21 heavy (non-hydrogen) atoms. The second kappa shape index (κ2) is 5.83. The van der Waals surface area contributed by atoms with Gasteiger partial charge in [-0.1, -0.05) is 6.07 Å². The summed E-state index contributed by atoms with van der Waals surface area (Å²) in [7, 11) is 1.31. The first-order chi connectivity index (χ1) is 10.2. The van der Waals surface area contributed by atoms with Crippen LogP contribution in [0.5, 0.6) is 0 Å². The summed E-state index contributed by atoms with van der Waals surface area (Å²) in [5.74, 6) is -0.629. The van der Waals surface area contributed by atoms with Crippen LogP contribution in [0.15, 0.2) is 18.2 Å². The molecule has 6 nitrogen and oxygen atoms in total. The van der Waals surface area contributed by atoms with Crippen molar-refractivity contribution in [2.24, 2.45) is 0 Å². The molecule has 1 aromatic carbocycles. The highest BCUT2D eigenvalue weighted by atomic mass is 16.5. The predicted octanol–water partition coefficient (Wildman–Crippen LogP) is 0.731. The zero-order valence-electron chi connectivity index (χ0n) is 11.8. The van der Waals surface area contributed by atoms with Crippen molar-refractivity contribution in [2.45, 2.75) is 19.3 Å². The fraction of sp³-hybridized carbons (Fsp3) is 0.467.